The smallest absolute Gasteiger partial charge is 0.265 e. The van der Waals surface area contributed by atoms with E-state index in [1.54, 1.807) is 11.3 Å². The Morgan fingerprint density at radius 2 is 2.22 bits per heavy atom. The third-order valence-corrected chi connectivity index (χ3v) is 5.32. The second-order valence-corrected chi connectivity index (χ2v) is 6.88. The summed E-state index contributed by atoms with van der Waals surface area (Å²) in [7, 11) is 0. The van der Waals surface area contributed by atoms with Gasteiger partial charge in [0.1, 0.15) is 4.88 Å². The lowest BCUT2D eigenvalue weighted by Gasteiger charge is -2.11. The van der Waals surface area contributed by atoms with Gasteiger partial charge in [0.15, 0.2) is 0 Å². The van der Waals surface area contributed by atoms with Crippen LogP contribution in [0.5, 0.6) is 0 Å². The molecule has 2 aromatic heterocycles. The van der Waals surface area contributed by atoms with Crippen molar-refractivity contribution in [1.29, 1.82) is 0 Å². The Bertz CT molecular complexity index is 812. The molecule has 2 N–H and O–H groups in total. The number of nitrogens with zero attached hydrogens (tertiary/aromatic N) is 2. The highest BCUT2D eigenvalue weighted by molar-refractivity contribution is 7.17. The van der Waals surface area contributed by atoms with Crippen molar-refractivity contribution in [1.82, 2.24) is 14.9 Å². The van der Waals surface area contributed by atoms with Crippen LogP contribution in [0, 0.1) is 0 Å². The predicted molar refractivity (Wildman–Crippen MR) is 93.0 cm³/mol. The van der Waals surface area contributed by atoms with E-state index in [2.05, 4.69) is 14.9 Å². The van der Waals surface area contributed by atoms with E-state index >= 15 is 0 Å². The van der Waals surface area contributed by atoms with E-state index in [1.165, 1.54) is 0 Å². The third kappa shape index (κ3) is 3.41. The van der Waals surface area contributed by atoms with Gasteiger partial charge in [-0.05, 0) is 34.8 Å². The van der Waals surface area contributed by atoms with Crippen LogP contribution < -0.4 is 5.32 Å². The number of nitrogens with one attached hydrogen (secondary N) is 1. The molecule has 0 saturated heterocycles. The van der Waals surface area contributed by atoms with Gasteiger partial charge < -0.3 is 10.4 Å². The molecule has 0 unspecified atom stereocenters. The summed E-state index contributed by atoms with van der Waals surface area (Å²) < 4.78 is 4.98. The van der Waals surface area contributed by atoms with Crippen molar-refractivity contribution in [3.05, 3.63) is 45.8 Å². The van der Waals surface area contributed by atoms with Crippen LogP contribution in [0.1, 0.15) is 40.4 Å². The number of carbonyl (C=O) groups is 1. The van der Waals surface area contributed by atoms with Crippen LogP contribution in [0.15, 0.2) is 29.6 Å². The Hall–Kier alpha value is -1.83. The van der Waals surface area contributed by atoms with Gasteiger partial charge in [0.2, 0.25) is 0 Å². The maximum atomic E-state index is 12.2. The molecule has 5 nitrogen and oxygen atoms in total. The number of amides is 1. The van der Waals surface area contributed by atoms with Gasteiger partial charge in [-0.2, -0.15) is 0 Å². The zero-order valence-electron chi connectivity index (χ0n) is 12.7. The highest BCUT2D eigenvalue weighted by Gasteiger charge is 2.18. The molecule has 0 aliphatic carbocycles. The number of aliphatic hydroxyl groups excluding tert-OH is 1. The fourth-order valence-electron chi connectivity index (χ4n) is 2.42. The lowest BCUT2D eigenvalue weighted by molar-refractivity contribution is 0.0920. The van der Waals surface area contributed by atoms with Crippen LogP contribution in [0.4, 0.5) is 0 Å². The number of aliphatic hydroxyl groups is 1. The van der Waals surface area contributed by atoms with Crippen LogP contribution in [0.25, 0.3) is 10.1 Å². The number of fused-ring (bicyclic) bond motifs is 1. The molecule has 0 aliphatic rings. The summed E-state index contributed by atoms with van der Waals surface area (Å²) in [6.45, 7) is 2.20. The third-order valence-electron chi connectivity index (χ3n) is 3.57. The largest absolute Gasteiger partial charge is 0.387 e. The van der Waals surface area contributed by atoms with Crippen molar-refractivity contribution >= 4 is 38.9 Å². The van der Waals surface area contributed by atoms with Gasteiger partial charge in [-0.1, -0.05) is 36.0 Å². The van der Waals surface area contributed by atoms with E-state index in [-0.39, 0.29) is 12.5 Å². The molecule has 0 aliphatic heterocycles. The second kappa shape index (κ2) is 7.16. The topological polar surface area (TPSA) is 75.1 Å². The van der Waals surface area contributed by atoms with Gasteiger partial charge in [0, 0.05) is 16.8 Å². The van der Waals surface area contributed by atoms with E-state index in [0.717, 1.165) is 45.7 Å². The zero-order chi connectivity index (χ0) is 16.2. The number of aromatic nitrogens is 2. The first-order valence-electron chi connectivity index (χ1n) is 7.44. The van der Waals surface area contributed by atoms with Crippen molar-refractivity contribution < 1.29 is 9.90 Å². The summed E-state index contributed by atoms with van der Waals surface area (Å²) >= 11 is 2.69. The van der Waals surface area contributed by atoms with E-state index < -0.39 is 6.10 Å². The maximum absolute atomic E-state index is 12.2. The van der Waals surface area contributed by atoms with Crippen molar-refractivity contribution in [2.45, 2.75) is 25.9 Å². The summed E-state index contributed by atoms with van der Waals surface area (Å²) in [6, 6.07) is 7.93. The maximum Gasteiger partial charge on any atom is 0.265 e. The molecular formula is C16H17N3O2S2. The average molecular weight is 347 g/mol. The van der Waals surface area contributed by atoms with E-state index in [0.29, 0.717) is 4.88 Å². The zero-order valence-corrected chi connectivity index (χ0v) is 14.3. The molecule has 0 radical (unpaired) electrons. The van der Waals surface area contributed by atoms with Crippen LogP contribution in [-0.4, -0.2) is 27.1 Å². The van der Waals surface area contributed by atoms with Crippen molar-refractivity contribution in [3.8, 4) is 0 Å². The molecule has 1 aromatic carbocycles. The normalized spacial score (nSPS) is 12.4. The van der Waals surface area contributed by atoms with Gasteiger partial charge in [0.25, 0.3) is 5.91 Å². The number of thiophene rings is 1. The Balaban J connectivity index is 1.68. The van der Waals surface area contributed by atoms with Crippen molar-refractivity contribution in [2.24, 2.45) is 0 Å². The molecule has 2 heterocycles. The highest BCUT2D eigenvalue weighted by Crippen LogP contribution is 2.29. The average Bonchev–Trinajstić information content (AvgIpc) is 3.19. The summed E-state index contributed by atoms with van der Waals surface area (Å²) in [5, 5.41) is 20.1. The van der Waals surface area contributed by atoms with Crippen molar-refractivity contribution in [3.63, 3.8) is 0 Å². The number of aryl methyl sites for hydroxylation is 1. The van der Waals surface area contributed by atoms with Gasteiger partial charge in [-0.15, -0.1) is 16.4 Å². The molecule has 1 atom stereocenters. The van der Waals surface area contributed by atoms with E-state index in [1.807, 2.05) is 36.6 Å². The Morgan fingerprint density at radius 3 is 3.04 bits per heavy atom. The Labute approximate surface area is 142 Å². The number of benzene rings is 1. The standard InChI is InChI=1S/C16H17N3O2S2/c1-2-5-12-15(23-19-18-12)16(21)17-8-13(20)11-9-22-14-7-4-3-6-10(11)14/h3-4,6-7,9,13,20H,2,5,8H2,1H3,(H,17,21)/t13-/m1/s1. The quantitative estimate of drug-likeness (QED) is 0.718. The van der Waals surface area contributed by atoms with E-state index in [4.69, 9.17) is 0 Å². The number of hydrogen-bond donors (Lipinski definition) is 2. The molecular weight excluding hydrogens is 330 g/mol. The predicted octanol–water partition coefficient (Wildman–Crippen LogP) is 3.17. The van der Waals surface area contributed by atoms with E-state index in [9.17, 15) is 9.90 Å². The SMILES string of the molecule is CCCc1nnsc1C(=O)NC[C@@H](O)c1csc2ccccc12. The summed E-state index contributed by atoms with van der Waals surface area (Å²) in [6.07, 6.45) is 0.914. The molecule has 120 valence electrons. The lowest BCUT2D eigenvalue weighted by atomic mass is 10.1. The van der Waals surface area contributed by atoms with Crippen LogP contribution in [0.3, 0.4) is 0 Å². The molecule has 0 fully saturated rings. The molecule has 0 bridgehead atoms. The molecule has 7 heteroatoms. The molecule has 23 heavy (non-hydrogen) atoms. The second-order valence-electron chi connectivity index (χ2n) is 5.21. The van der Waals surface area contributed by atoms with Gasteiger partial charge >= 0.3 is 0 Å². The fraction of sp³-hybridized carbons (Fsp3) is 0.312. The molecule has 1 amide bonds. The first kappa shape index (κ1) is 16.0. The number of hydrogen-bond acceptors (Lipinski definition) is 6. The van der Waals surface area contributed by atoms with Crippen LogP contribution in [0.2, 0.25) is 0 Å². The minimum Gasteiger partial charge on any atom is -0.387 e. The molecule has 0 spiro atoms. The van der Waals surface area contributed by atoms with Gasteiger partial charge in [0.05, 0.1) is 11.8 Å². The first-order valence-corrected chi connectivity index (χ1v) is 9.09. The molecule has 3 rings (SSSR count). The Kier molecular flexibility index (Phi) is 5.00. The molecule has 3 aromatic rings. The lowest BCUT2D eigenvalue weighted by Crippen LogP contribution is -2.28. The number of carbonyl (C=O) groups excluding carboxylic acids is 1. The Morgan fingerprint density at radius 1 is 1.39 bits per heavy atom. The summed E-state index contributed by atoms with van der Waals surface area (Å²) in [4.78, 5) is 12.8. The number of rotatable bonds is 6. The first-order chi connectivity index (χ1) is 11.2. The fourth-order valence-corrected chi connectivity index (χ4v) is 4.05. The summed E-state index contributed by atoms with van der Waals surface area (Å²) in [5.74, 6) is -0.220. The van der Waals surface area contributed by atoms with Gasteiger partial charge in [-0.3, -0.25) is 4.79 Å². The summed E-state index contributed by atoms with van der Waals surface area (Å²) in [5.41, 5.74) is 1.58. The van der Waals surface area contributed by atoms with Crippen LogP contribution >= 0.6 is 22.9 Å². The monoisotopic (exact) mass is 347 g/mol. The highest BCUT2D eigenvalue weighted by atomic mass is 32.1. The molecule has 0 saturated carbocycles. The minimum atomic E-state index is -0.731. The van der Waals surface area contributed by atoms with Crippen molar-refractivity contribution in [2.75, 3.05) is 6.54 Å². The van der Waals surface area contributed by atoms with Gasteiger partial charge in [-0.25, -0.2) is 0 Å². The minimum absolute atomic E-state index is 0.170. The van der Waals surface area contributed by atoms with Crippen LogP contribution in [-0.2, 0) is 6.42 Å².